The van der Waals surface area contributed by atoms with E-state index in [1.165, 1.54) is 0 Å². The van der Waals surface area contributed by atoms with Crippen LogP contribution in [0, 0.1) is 5.92 Å². The number of aromatic nitrogens is 5. The van der Waals surface area contributed by atoms with Crippen molar-refractivity contribution < 1.29 is 4.52 Å². The van der Waals surface area contributed by atoms with Crippen molar-refractivity contribution in [1.29, 1.82) is 0 Å². The second-order valence-electron chi connectivity index (χ2n) is 5.87. The van der Waals surface area contributed by atoms with Crippen LogP contribution in [0.25, 0.3) is 10.7 Å². The molecular weight excluding hydrogens is 312 g/mol. The quantitative estimate of drug-likeness (QED) is 0.773. The van der Waals surface area contributed by atoms with Crippen molar-refractivity contribution in [3.05, 3.63) is 35.6 Å². The molecule has 4 heterocycles. The second-order valence-corrected chi connectivity index (χ2v) is 6.82. The molecule has 0 unspecified atom stereocenters. The fourth-order valence-electron chi connectivity index (χ4n) is 2.84. The van der Waals surface area contributed by atoms with Gasteiger partial charge in [-0.1, -0.05) is 11.2 Å². The summed E-state index contributed by atoms with van der Waals surface area (Å²) in [6, 6.07) is 4.02. The Hall–Kier alpha value is -2.06. The van der Waals surface area contributed by atoms with Crippen LogP contribution in [0.15, 0.2) is 28.4 Å². The lowest BCUT2D eigenvalue weighted by atomic mass is 9.99. The molecule has 0 fully saturated rings. The Morgan fingerprint density at radius 2 is 2.48 bits per heavy atom. The van der Waals surface area contributed by atoms with Crippen LogP contribution in [0.4, 0.5) is 0 Å². The second kappa shape index (κ2) is 6.21. The topological polar surface area (TPSA) is 81.7 Å². The van der Waals surface area contributed by atoms with E-state index in [9.17, 15) is 0 Å². The first-order valence-corrected chi connectivity index (χ1v) is 8.65. The number of aryl methyl sites for hydroxylation is 1. The molecule has 0 bridgehead atoms. The van der Waals surface area contributed by atoms with E-state index in [4.69, 9.17) is 4.52 Å². The minimum atomic E-state index is 0.0403. The molecule has 4 rings (SSSR count). The van der Waals surface area contributed by atoms with Gasteiger partial charge in [0.25, 0.3) is 0 Å². The van der Waals surface area contributed by atoms with Gasteiger partial charge in [0.1, 0.15) is 12.2 Å². The third-order valence-electron chi connectivity index (χ3n) is 4.19. The predicted molar refractivity (Wildman–Crippen MR) is 85.9 cm³/mol. The molecule has 120 valence electrons. The summed E-state index contributed by atoms with van der Waals surface area (Å²) in [6.07, 6.45) is 3.93. The molecule has 0 aromatic carbocycles. The zero-order valence-electron chi connectivity index (χ0n) is 12.8. The lowest BCUT2D eigenvalue weighted by molar-refractivity contribution is 0.302. The molecule has 1 N–H and O–H groups in total. The smallest absolute Gasteiger partial charge is 0.243 e. The van der Waals surface area contributed by atoms with Crippen molar-refractivity contribution >= 4 is 11.3 Å². The average molecular weight is 330 g/mol. The van der Waals surface area contributed by atoms with Crippen molar-refractivity contribution in [2.75, 3.05) is 6.54 Å². The van der Waals surface area contributed by atoms with E-state index in [2.05, 4.69) is 37.1 Å². The molecule has 23 heavy (non-hydrogen) atoms. The van der Waals surface area contributed by atoms with Crippen molar-refractivity contribution in [1.82, 2.24) is 30.2 Å². The number of hydrogen-bond donors (Lipinski definition) is 1. The molecule has 0 saturated heterocycles. The zero-order valence-corrected chi connectivity index (χ0v) is 13.7. The standard InChI is InChI=1S/C15H18N6OS/c1-10(15-18-14(20-22-15)12-3-2-6-23-12)16-7-11-4-5-13-19-17-9-21(13)8-11/h2-3,6,9-11,16H,4-5,7-8H2,1H3/t10-,11+/m1/s1. The number of thiophene rings is 1. The van der Waals surface area contributed by atoms with Crippen molar-refractivity contribution in [2.45, 2.75) is 32.4 Å². The van der Waals surface area contributed by atoms with Crippen molar-refractivity contribution in [2.24, 2.45) is 5.92 Å². The average Bonchev–Trinajstić information content (AvgIpc) is 3.32. The molecule has 0 saturated carbocycles. The molecule has 2 atom stereocenters. The maximum absolute atomic E-state index is 5.39. The summed E-state index contributed by atoms with van der Waals surface area (Å²) in [6.45, 7) is 3.93. The normalized spacial score (nSPS) is 18.7. The Bertz CT molecular complexity index is 765. The lowest BCUT2D eigenvalue weighted by Crippen LogP contribution is -2.31. The predicted octanol–water partition coefficient (Wildman–Crippen LogP) is 2.30. The van der Waals surface area contributed by atoms with Gasteiger partial charge in [-0.3, -0.25) is 0 Å². The summed E-state index contributed by atoms with van der Waals surface area (Å²) in [5.74, 6) is 2.96. The van der Waals surface area contributed by atoms with E-state index >= 15 is 0 Å². The van der Waals surface area contributed by atoms with Crippen LogP contribution < -0.4 is 5.32 Å². The van der Waals surface area contributed by atoms with Crippen LogP contribution in [0.2, 0.25) is 0 Å². The Kier molecular flexibility index (Phi) is 3.92. The molecule has 0 aliphatic carbocycles. The first kappa shape index (κ1) is 14.5. The third-order valence-corrected chi connectivity index (χ3v) is 5.06. The molecule has 1 aliphatic rings. The summed E-state index contributed by atoms with van der Waals surface area (Å²) in [7, 11) is 0. The number of fused-ring (bicyclic) bond motifs is 1. The van der Waals surface area contributed by atoms with Gasteiger partial charge in [0.2, 0.25) is 11.7 Å². The Morgan fingerprint density at radius 1 is 1.52 bits per heavy atom. The maximum Gasteiger partial charge on any atom is 0.243 e. The molecular formula is C15H18N6OS. The number of nitrogens with one attached hydrogen (secondary N) is 1. The SMILES string of the molecule is C[C@@H](NC[C@@H]1CCc2nncn2C1)c1nc(-c2cccs2)no1. The molecule has 1 aliphatic heterocycles. The number of hydrogen-bond acceptors (Lipinski definition) is 7. The van der Waals surface area contributed by atoms with Gasteiger partial charge in [-0.15, -0.1) is 21.5 Å². The number of nitrogens with zero attached hydrogens (tertiary/aromatic N) is 5. The summed E-state index contributed by atoms with van der Waals surface area (Å²) in [4.78, 5) is 5.52. The Morgan fingerprint density at radius 3 is 3.35 bits per heavy atom. The van der Waals surface area contributed by atoms with Gasteiger partial charge in [0, 0.05) is 19.5 Å². The molecule has 0 radical (unpaired) electrons. The zero-order chi connectivity index (χ0) is 15.6. The highest BCUT2D eigenvalue weighted by Gasteiger charge is 2.21. The van der Waals surface area contributed by atoms with Crippen LogP contribution >= 0.6 is 11.3 Å². The molecule has 8 heteroatoms. The summed E-state index contributed by atoms with van der Waals surface area (Å²) < 4.78 is 7.53. The van der Waals surface area contributed by atoms with Gasteiger partial charge in [-0.25, -0.2) is 0 Å². The van der Waals surface area contributed by atoms with E-state index in [0.717, 1.165) is 36.6 Å². The van der Waals surface area contributed by atoms with Crippen LogP contribution in [-0.2, 0) is 13.0 Å². The molecule has 3 aromatic heterocycles. The van der Waals surface area contributed by atoms with E-state index in [0.29, 0.717) is 17.6 Å². The highest BCUT2D eigenvalue weighted by Crippen LogP contribution is 2.23. The summed E-state index contributed by atoms with van der Waals surface area (Å²) >= 11 is 1.61. The van der Waals surface area contributed by atoms with Crippen LogP contribution in [0.3, 0.4) is 0 Å². The fraction of sp³-hybridized carbons (Fsp3) is 0.467. The van der Waals surface area contributed by atoms with Crippen LogP contribution in [-0.4, -0.2) is 31.4 Å². The van der Waals surface area contributed by atoms with Crippen LogP contribution in [0.5, 0.6) is 0 Å². The van der Waals surface area contributed by atoms with Gasteiger partial charge in [-0.05, 0) is 30.7 Å². The van der Waals surface area contributed by atoms with Gasteiger partial charge in [0.15, 0.2) is 0 Å². The van der Waals surface area contributed by atoms with E-state index in [1.54, 1.807) is 11.3 Å². The molecule has 3 aromatic rings. The van der Waals surface area contributed by atoms with E-state index in [-0.39, 0.29) is 6.04 Å². The van der Waals surface area contributed by atoms with Gasteiger partial charge < -0.3 is 14.4 Å². The van der Waals surface area contributed by atoms with Gasteiger partial charge in [-0.2, -0.15) is 4.98 Å². The molecule has 0 spiro atoms. The molecule has 7 nitrogen and oxygen atoms in total. The lowest BCUT2D eigenvalue weighted by Gasteiger charge is -2.24. The maximum atomic E-state index is 5.39. The summed E-state index contributed by atoms with van der Waals surface area (Å²) in [5.41, 5.74) is 0. The highest BCUT2D eigenvalue weighted by atomic mass is 32.1. The minimum Gasteiger partial charge on any atom is -0.337 e. The Labute approximate surface area is 137 Å². The largest absolute Gasteiger partial charge is 0.337 e. The van der Waals surface area contributed by atoms with Crippen molar-refractivity contribution in [3.8, 4) is 10.7 Å². The van der Waals surface area contributed by atoms with Crippen molar-refractivity contribution in [3.63, 3.8) is 0 Å². The fourth-order valence-corrected chi connectivity index (χ4v) is 3.49. The summed E-state index contributed by atoms with van der Waals surface area (Å²) in [5, 5.41) is 17.7. The first-order chi connectivity index (χ1) is 11.3. The number of rotatable bonds is 5. The van der Waals surface area contributed by atoms with E-state index < -0.39 is 0 Å². The van der Waals surface area contributed by atoms with Gasteiger partial charge in [0.05, 0.1) is 10.9 Å². The highest BCUT2D eigenvalue weighted by molar-refractivity contribution is 7.13. The minimum absolute atomic E-state index is 0.0403. The van der Waals surface area contributed by atoms with E-state index in [1.807, 2.05) is 23.8 Å². The Balaban J connectivity index is 1.35. The first-order valence-electron chi connectivity index (χ1n) is 7.77. The third kappa shape index (κ3) is 3.04. The monoisotopic (exact) mass is 330 g/mol. The van der Waals surface area contributed by atoms with Gasteiger partial charge >= 0.3 is 0 Å². The molecule has 0 amide bonds. The van der Waals surface area contributed by atoms with Crippen LogP contribution in [0.1, 0.15) is 31.1 Å².